The largest absolute Gasteiger partial charge is 1.00 e. The number of thioether (sulfide) groups is 1. The molecule has 1 aliphatic heterocycles. The summed E-state index contributed by atoms with van der Waals surface area (Å²) in [6.07, 6.45) is 0.573. The summed E-state index contributed by atoms with van der Waals surface area (Å²) in [5.41, 5.74) is 0. The van der Waals surface area contributed by atoms with E-state index in [1.165, 1.54) is 11.8 Å². The minimum atomic E-state index is -4.23. The van der Waals surface area contributed by atoms with E-state index < -0.39 is 23.5 Å². The van der Waals surface area contributed by atoms with Crippen molar-refractivity contribution in [2.24, 2.45) is 0 Å². The van der Waals surface area contributed by atoms with Crippen LogP contribution in [0.25, 0.3) is 0 Å². The molecule has 1 rings (SSSR count). The molecule has 126 valence electrons. The van der Waals surface area contributed by atoms with Crippen LogP contribution in [0.5, 0.6) is 0 Å². The van der Waals surface area contributed by atoms with Gasteiger partial charge in [0.15, 0.2) is 0 Å². The van der Waals surface area contributed by atoms with Crippen LogP contribution in [0.3, 0.4) is 0 Å². The van der Waals surface area contributed by atoms with Crippen LogP contribution < -0.4 is 34.6 Å². The zero-order valence-electron chi connectivity index (χ0n) is 12.2. The summed E-state index contributed by atoms with van der Waals surface area (Å²) in [5.74, 6) is 0.277. The third-order valence-electron chi connectivity index (χ3n) is 2.66. The first-order chi connectivity index (χ1) is 9.80. The molecule has 0 aromatic heterocycles. The number of hydrogen-bond donors (Lipinski definition) is 1. The average Bonchev–Trinajstić information content (AvgIpc) is 2.37. The van der Waals surface area contributed by atoms with Crippen molar-refractivity contribution in [1.82, 2.24) is 9.76 Å². The summed E-state index contributed by atoms with van der Waals surface area (Å²) in [4.78, 5) is 0. The van der Waals surface area contributed by atoms with Crippen LogP contribution in [0, 0.1) is 0 Å². The van der Waals surface area contributed by atoms with Crippen molar-refractivity contribution in [2.75, 3.05) is 43.0 Å². The van der Waals surface area contributed by atoms with E-state index in [0.717, 1.165) is 0 Å². The molecule has 13 heteroatoms. The maximum atomic E-state index is 12.8. The summed E-state index contributed by atoms with van der Waals surface area (Å²) >= 11 is 12.6. The van der Waals surface area contributed by atoms with Crippen LogP contribution in [0.2, 0.25) is 0 Å². The molecule has 22 heavy (non-hydrogen) atoms. The molecule has 0 spiro atoms. The predicted molar refractivity (Wildman–Crippen MR) is 85.1 cm³/mol. The van der Waals surface area contributed by atoms with E-state index in [1.54, 1.807) is 4.67 Å². The second-order valence-electron chi connectivity index (χ2n) is 4.22. The fourth-order valence-electron chi connectivity index (χ4n) is 1.71. The van der Waals surface area contributed by atoms with Gasteiger partial charge in [0.25, 0.3) is 0 Å². The van der Waals surface area contributed by atoms with E-state index in [4.69, 9.17) is 27.7 Å². The van der Waals surface area contributed by atoms with Gasteiger partial charge in [0.1, 0.15) is 0 Å². The van der Waals surface area contributed by atoms with Gasteiger partial charge in [-0.15, -0.1) is 35.0 Å². The molecule has 1 N–H and O–H groups in total. The van der Waals surface area contributed by atoms with E-state index in [2.05, 4.69) is 5.09 Å². The fraction of sp³-hybridized carbons (Fsp3) is 1.00. The maximum absolute atomic E-state index is 12.8. The van der Waals surface area contributed by atoms with Gasteiger partial charge in [-0.25, -0.2) is 18.2 Å². The van der Waals surface area contributed by atoms with Gasteiger partial charge in [0.2, 0.25) is 0 Å². The van der Waals surface area contributed by atoms with E-state index >= 15 is 0 Å². The molecule has 0 aromatic carbocycles. The molecule has 0 radical (unpaired) electrons. The van der Waals surface area contributed by atoms with Gasteiger partial charge >= 0.3 is 37.2 Å². The number of alkyl halides is 2. The van der Waals surface area contributed by atoms with Crippen molar-refractivity contribution in [3.8, 4) is 0 Å². The minimum absolute atomic E-state index is 0. The Morgan fingerprint density at radius 1 is 1.36 bits per heavy atom. The molecule has 0 amide bonds. The standard InChI is InChI=1S/C9H19Cl2N2O5PS2.Na/c10-2-4-13(5-3-11)19(14)12-9(1-6-18-19)20-7-8-21(15,16)17;/h9H,1-8H2,(H,12,14)(H,15,16,17);/q;+1/p-1. The van der Waals surface area contributed by atoms with Gasteiger partial charge < -0.3 is 9.08 Å². The molecule has 1 aliphatic rings. The first-order valence-electron chi connectivity index (χ1n) is 6.25. The predicted octanol–water partition coefficient (Wildman–Crippen LogP) is -1.51. The normalized spacial score (nSPS) is 25.9. The summed E-state index contributed by atoms with van der Waals surface area (Å²) in [5, 5.41) is 2.66. The molecule has 2 unspecified atom stereocenters. The third-order valence-corrected chi connectivity index (χ3v) is 7.65. The molecule has 0 aromatic rings. The Labute approximate surface area is 167 Å². The van der Waals surface area contributed by atoms with Crippen LogP contribution >= 0.6 is 42.6 Å². The topological polar surface area (TPSA) is 98.8 Å². The first kappa shape index (κ1) is 23.9. The van der Waals surface area contributed by atoms with Gasteiger partial charge in [-0.3, -0.25) is 4.57 Å². The van der Waals surface area contributed by atoms with E-state index in [0.29, 0.717) is 19.5 Å². The molecule has 7 nitrogen and oxygen atoms in total. The van der Waals surface area contributed by atoms with Crippen LogP contribution in [0.15, 0.2) is 0 Å². The van der Waals surface area contributed by atoms with Gasteiger partial charge in [0.05, 0.1) is 22.1 Å². The van der Waals surface area contributed by atoms with Crippen molar-refractivity contribution < 1.29 is 51.6 Å². The van der Waals surface area contributed by atoms with E-state index in [9.17, 15) is 17.5 Å². The van der Waals surface area contributed by atoms with Crippen molar-refractivity contribution in [2.45, 2.75) is 11.8 Å². The molecular formula is C9H18Cl2N2NaO5PS2. The SMILES string of the molecule is O=P1(N(CCCl)CCCl)NC(SCCS(=O)(=O)[O-])CCO1.[Na+]. The van der Waals surface area contributed by atoms with Gasteiger partial charge in [-0.2, -0.15) is 0 Å². The van der Waals surface area contributed by atoms with Gasteiger partial charge in [-0.1, -0.05) is 0 Å². The molecule has 0 aliphatic carbocycles. The van der Waals surface area contributed by atoms with Gasteiger partial charge in [0, 0.05) is 36.4 Å². The van der Waals surface area contributed by atoms with Crippen LogP contribution in [-0.2, 0) is 19.2 Å². The van der Waals surface area contributed by atoms with Gasteiger partial charge in [-0.05, 0) is 6.42 Å². The quantitative estimate of drug-likeness (QED) is 0.207. The number of nitrogens with one attached hydrogen (secondary N) is 1. The average molecular weight is 423 g/mol. The zero-order chi connectivity index (χ0) is 15.9. The smallest absolute Gasteiger partial charge is 0.748 e. The second kappa shape index (κ2) is 11.5. The number of nitrogens with zero attached hydrogens (tertiary/aromatic N) is 1. The van der Waals surface area contributed by atoms with E-state index in [-0.39, 0.29) is 59.1 Å². The third kappa shape index (κ3) is 8.87. The Morgan fingerprint density at radius 3 is 2.45 bits per heavy atom. The first-order valence-corrected chi connectivity index (χ1v) is 11.5. The molecule has 1 heterocycles. The number of halogens is 2. The summed E-state index contributed by atoms with van der Waals surface area (Å²) in [7, 11) is -7.46. The van der Waals surface area contributed by atoms with Crippen molar-refractivity contribution in [3.63, 3.8) is 0 Å². The van der Waals surface area contributed by atoms with Crippen molar-refractivity contribution in [1.29, 1.82) is 0 Å². The number of rotatable bonds is 9. The molecule has 1 saturated heterocycles. The maximum Gasteiger partial charge on any atom is 1.00 e. The van der Waals surface area contributed by atoms with Crippen molar-refractivity contribution in [3.05, 3.63) is 0 Å². The Morgan fingerprint density at radius 2 is 1.95 bits per heavy atom. The van der Waals surface area contributed by atoms with E-state index in [1.807, 2.05) is 0 Å². The second-order valence-corrected chi connectivity index (χ2v) is 9.94. The fourth-order valence-corrected chi connectivity index (χ4v) is 6.78. The van der Waals surface area contributed by atoms with Crippen molar-refractivity contribution >= 4 is 52.8 Å². The number of hydrogen-bond acceptors (Lipinski definition) is 6. The Bertz CT molecular complexity index is 467. The summed E-state index contributed by atoms with van der Waals surface area (Å²) in [6, 6.07) is 0. The molecule has 0 bridgehead atoms. The minimum Gasteiger partial charge on any atom is -0.748 e. The van der Waals surface area contributed by atoms with Crippen LogP contribution in [-0.4, -0.2) is 66.0 Å². The Hall–Kier alpha value is 1.95. The summed E-state index contributed by atoms with van der Waals surface area (Å²) < 4.78 is 51.4. The Balaban J connectivity index is 0.00000441. The molecule has 2 atom stereocenters. The Kier molecular flexibility index (Phi) is 12.6. The molecule has 0 saturated carbocycles. The zero-order valence-corrected chi connectivity index (χ0v) is 18.3. The monoisotopic (exact) mass is 422 g/mol. The molecular weight excluding hydrogens is 405 g/mol. The van der Waals surface area contributed by atoms with Crippen LogP contribution in [0.4, 0.5) is 0 Å². The summed E-state index contributed by atoms with van der Waals surface area (Å²) in [6.45, 7) is 1.02. The van der Waals surface area contributed by atoms with Crippen LogP contribution in [0.1, 0.15) is 6.42 Å². The molecule has 1 fully saturated rings.